The summed E-state index contributed by atoms with van der Waals surface area (Å²) in [6.07, 6.45) is 20.4. The number of pyridine rings is 2. The SMILES string of the molecule is CC(C)Oc1ccc(C2=NCc3ccc(N4CC[C@]5(CCN(CC(=O)N6CCN(c7ccc(-c8ncn(C)n8)cc7)CC6)C5)C4=O)cc32)cn1.Cn1cnc(-c2ccc(C3=CCN(C(=O)CN4CC[C@]5(CCN(c6ccc7c(c6)C(N6CCOCC6)=NC7)C5=O)C4)CC3)cc2)n1.Cn1cnc(-c2ccc(C3=CCN(C(=O)CN4CC[C@]5(CCN(c6ccc7c(c6)C(c6ccncc6F)=NC7)C5=O)C4)CC3)cc2)n1. The van der Waals surface area contributed by atoms with Crippen molar-refractivity contribution in [2.24, 2.45) is 52.4 Å². The molecule has 3 spiro atoms. The Morgan fingerprint density at radius 2 is 0.818 bits per heavy atom. The van der Waals surface area contributed by atoms with Gasteiger partial charge in [-0.1, -0.05) is 78.9 Å². The van der Waals surface area contributed by atoms with E-state index in [4.69, 9.17) is 19.5 Å². The van der Waals surface area contributed by atoms with Crippen molar-refractivity contribution >= 4 is 86.6 Å². The van der Waals surface area contributed by atoms with Gasteiger partial charge in [0.25, 0.3) is 0 Å². The van der Waals surface area contributed by atoms with Crippen molar-refractivity contribution in [3.05, 3.63) is 257 Å². The number of morpholine rings is 1. The molecule has 18 heterocycles. The lowest BCUT2D eigenvalue weighted by Gasteiger charge is -2.37. The van der Waals surface area contributed by atoms with Crippen LogP contribution in [0.4, 0.5) is 27.1 Å². The number of hydrogen-bond acceptors (Lipinski definition) is 24. The lowest BCUT2D eigenvalue weighted by molar-refractivity contribution is -0.133. The summed E-state index contributed by atoms with van der Waals surface area (Å²) in [5.74, 6) is 4.20. The molecular formula is C109H118FN25O8. The van der Waals surface area contributed by atoms with Gasteiger partial charge in [-0.25, -0.2) is 24.3 Å². The van der Waals surface area contributed by atoms with Gasteiger partial charge in [0.05, 0.1) is 92.5 Å². The molecule has 34 heteroatoms. The van der Waals surface area contributed by atoms with Crippen LogP contribution in [0.5, 0.6) is 5.88 Å². The van der Waals surface area contributed by atoms with Gasteiger partial charge in [-0.3, -0.25) is 77.5 Å². The van der Waals surface area contributed by atoms with Crippen molar-refractivity contribution in [3.63, 3.8) is 0 Å². The van der Waals surface area contributed by atoms with E-state index < -0.39 is 22.1 Å². The number of aryl methyl sites for hydroxylation is 3. The standard InChI is InChI=1S/C38H43N9O3.C36H35FN8O2.C35H40N8O3/c1-26(2)50-33-11-7-29(22-39-33)35-32-20-31(10-6-28(32)21-40-35)47-15-13-38(37(47)49)12-14-44(24-38)23-34(48)46-18-16-45(17-19-46)30-8-4-27(5-9-30)36-41-25-43(3)42-36;1-42-23-40-34(41-42)26-4-2-24(3-5-26)25-9-14-44(15-10-25)32(46)21-43-16-11-36(22-43)12-17-45(35(36)47)28-7-6-27-19-39-33(30(27)18-28)29-8-13-38-20-31(29)37;1-39-24-37-32(38-39)27-4-2-25(3-5-27)26-8-12-41(13-9-26)31(44)22-40-14-10-35(23-40)11-15-43(34(35)45)29-7-6-28-21-36-33(30(28)20-29)42-16-18-46-19-17-42/h4-11,20,22,25-26H,12-19,21,23-24H2,1-3H3;2-9,13,18,20,23H,10-12,14-17,19,21-22H2,1H3;2-8,20,24H,9-19,21-23H2,1H3/t38-;36-;35-/m000/s1. The largest absolute Gasteiger partial charge is 0.475 e. The van der Waals surface area contributed by atoms with E-state index in [1.807, 2.05) is 131 Å². The number of amides is 6. The van der Waals surface area contributed by atoms with Gasteiger partial charge < -0.3 is 48.7 Å². The summed E-state index contributed by atoms with van der Waals surface area (Å²) in [4.78, 5) is 140. The first-order valence-electron chi connectivity index (χ1n) is 50.1. The van der Waals surface area contributed by atoms with Gasteiger partial charge in [-0.15, -0.1) is 0 Å². The fourth-order valence-corrected chi connectivity index (χ4v) is 22.8. The van der Waals surface area contributed by atoms with Crippen LogP contribution in [-0.4, -0.2) is 305 Å². The van der Waals surface area contributed by atoms with E-state index >= 15 is 0 Å². The third-order valence-corrected chi connectivity index (χ3v) is 30.9. The minimum atomic E-state index is -0.487. The van der Waals surface area contributed by atoms with Crippen molar-refractivity contribution < 1.29 is 42.6 Å². The number of halogens is 1. The predicted octanol–water partition coefficient (Wildman–Crippen LogP) is 10.7. The summed E-state index contributed by atoms with van der Waals surface area (Å²) in [5.41, 5.74) is 19.5. The van der Waals surface area contributed by atoms with Crippen LogP contribution in [0.25, 0.3) is 45.3 Å². The van der Waals surface area contributed by atoms with Gasteiger partial charge in [0.15, 0.2) is 23.3 Å². The molecule has 6 amide bonds. The second-order valence-corrected chi connectivity index (χ2v) is 40.3. The molecule has 0 unspecified atom stereocenters. The quantitative estimate of drug-likeness (QED) is 0.0726. The maximum Gasteiger partial charge on any atom is 0.237 e. The van der Waals surface area contributed by atoms with E-state index in [-0.39, 0.29) is 41.5 Å². The van der Waals surface area contributed by atoms with Gasteiger partial charge in [0.2, 0.25) is 41.3 Å². The molecular weight excluding hydrogens is 1810 g/mol. The van der Waals surface area contributed by atoms with Gasteiger partial charge >= 0.3 is 0 Å². The fourth-order valence-electron chi connectivity index (χ4n) is 22.8. The first-order chi connectivity index (χ1) is 69.6. The molecule has 13 aliphatic heterocycles. The number of piperazine rings is 1. The molecule has 3 atom stereocenters. The zero-order valence-corrected chi connectivity index (χ0v) is 81.6. The Kier molecular flexibility index (Phi) is 25.8. The molecule has 6 aromatic carbocycles. The Morgan fingerprint density at radius 1 is 0.406 bits per heavy atom. The van der Waals surface area contributed by atoms with Crippen LogP contribution < -0.4 is 24.3 Å². The van der Waals surface area contributed by atoms with E-state index in [1.54, 1.807) is 45.3 Å². The number of hydrogen-bond donors (Lipinski definition) is 0. The number of benzene rings is 6. The van der Waals surface area contributed by atoms with E-state index in [2.05, 4.69) is 161 Å². The Bertz CT molecular complexity index is 6890. The summed E-state index contributed by atoms with van der Waals surface area (Å²) < 4.78 is 30.9. The Morgan fingerprint density at radius 3 is 1.25 bits per heavy atom. The highest BCUT2D eigenvalue weighted by atomic mass is 19.1. The number of aromatic nitrogens is 11. The molecule has 11 aromatic rings. The third kappa shape index (κ3) is 19.1. The van der Waals surface area contributed by atoms with E-state index in [0.717, 1.165) is 206 Å². The Labute approximate surface area is 830 Å². The smallest absolute Gasteiger partial charge is 0.237 e. The topological polar surface area (TPSA) is 312 Å². The molecule has 0 N–H and O–H groups in total. The zero-order valence-electron chi connectivity index (χ0n) is 81.6. The number of nitrogens with zero attached hydrogens (tertiary/aromatic N) is 25. The number of amidine groups is 1. The molecule has 13 aliphatic rings. The Hall–Kier alpha value is -14.5. The molecule has 0 radical (unpaired) electrons. The number of carbonyl (C=O) groups excluding carboxylic acids is 6. The number of fused-ring (bicyclic) bond motifs is 3. The lowest BCUT2D eigenvalue weighted by Crippen LogP contribution is -2.51. The van der Waals surface area contributed by atoms with Crippen LogP contribution >= 0.6 is 0 Å². The van der Waals surface area contributed by atoms with Crippen LogP contribution in [0, 0.1) is 22.1 Å². The molecule has 0 saturated carbocycles. The monoisotopic (exact) mass is 1920 g/mol. The number of likely N-dealkylation sites (tertiary alicyclic amines) is 3. The van der Waals surface area contributed by atoms with Crippen LogP contribution in [-0.2, 0) is 74.3 Å². The van der Waals surface area contributed by atoms with E-state index in [0.29, 0.717) is 147 Å². The van der Waals surface area contributed by atoms with Crippen molar-refractivity contribution in [3.8, 4) is 40.0 Å². The summed E-state index contributed by atoms with van der Waals surface area (Å²) in [5, 5.41) is 13.1. The minimum Gasteiger partial charge on any atom is -0.475 e. The summed E-state index contributed by atoms with van der Waals surface area (Å²) >= 11 is 0. The molecule has 24 rings (SSSR count). The maximum atomic E-state index is 14.5. The van der Waals surface area contributed by atoms with Gasteiger partial charge in [-0.05, 0) is 197 Å². The molecule has 8 saturated heterocycles. The maximum absolute atomic E-state index is 14.5. The number of rotatable bonds is 19. The molecule has 734 valence electrons. The van der Waals surface area contributed by atoms with E-state index in [9.17, 15) is 33.2 Å². The van der Waals surface area contributed by atoms with Crippen LogP contribution in [0.15, 0.2) is 210 Å². The average Bonchev–Trinajstić information content (AvgIpc) is 1.60. The zero-order chi connectivity index (χ0) is 97.8. The van der Waals surface area contributed by atoms with Crippen molar-refractivity contribution in [1.82, 2.24) is 88.6 Å². The highest BCUT2D eigenvalue weighted by molar-refractivity contribution is 6.17. The van der Waals surface area contributed by atoms with Gasteiger partial charge in [0.1, 0.15) is 24.8 Å². The summed E-state index contributed by atoms with van der Waals surface area (Å²) in [6, 6.07) is 49.0. The van der Waals surface area contributed by atoms with Crippen molar-refractivity contribution in [1.29, 1.82) is 0 Å². The van der Waals surface area contributed by atoms with Crippen LogP contribution in [0.3, 0.4) is 0 Å². The normalized spacial score (nSPS) is 21.6. The second-order valence-electron chi connectivity index (χ2n) is 40.3. The summed E-state index contributed by atoms with van der Waals surface area (Å²) in [6.45, 7) is 21.5. The second kappa shape index (κ2) is 39.4. The minimum absolute atomic E-state index is 0.0583. The van der Waals surface area contributed by atoms with Gasteiger partial charge in [0, 0.05) is 212 Å². The number of ether oxygens (including phenoxy) is 2. The third-order valence-electron chi connectivity index (χ3n) is 30.9. The highest BCUT2D eigenvalue weighted by Crippen LogP contribution is 2.48. The molecule has 5 aromatic heterocycles. The lowest BCUT2D eigenvalue weighted by atomic mass is 9.85. The first kappa shape index (κ1) is 93.5. The van der Waals surface area contributed by atoms with Crippen molar-refractivity contribution in [2.75, 3.05) is 177 Å². The molecule has 0 aliphatic carbocycles. The average molecular weight is 1930 g/mol. The number of aliphatic imine (C=N–C) groups is 3. The van der Waals surface area contributed by atoms with Crippen molar-refractivity contribution in [2.45, 2.75) is 91.0 Å². The first-order valence-corrected chi connectivity index (χ1v) is 50.1. The van der Waals surface area contributed by atoms with Gasteiger partial charge in [-0.2, -0.15) is 15.3 Å². The predicted molar refractivity (Wildman–Crippen MR) is 543 cm³/mol. The molecule has 33 nitrogen and oxygen atoms in total. The number of carbonyl (C=O) groups is 6. The molecule has 8 fully saturated rings. The van der Waals surface area contributed by atoms with E-state index in [1.165, 1.54) is 28.5 Å². The van der Waals surface area contributed by atoms with Crippen LogP contribution in [0.1, 0.15) is 121 Å². The molecule has 143 heavy (non-hydrogen) atoms. The highest BCUT2D eigenvalue weighted by Gasteiger charge is 2.55. The Balaban J connectivity index is 0.000000123. The molecule has 0 bridgehead atoms. The number of anilines is 4. The summed E-state index contributed by atoms with van der Waals surface area (Å²) in [7, 11) is 5.58. The fraction of sp³-hybridized carbons (Fsp3) is 0.404. The van der Waals surface area contributed by atoms with Crippen LogP contribution in [0.2, 0.25) is 0 Å².